The number of piperazine rings is 1. The lowest BCUT2D eigenvalue weighted by Gasteiger charge is -2.33. The van der Waals surface area contributed by atoms with Crippen molar-refractivity contribution in [3.05, 3.63) is 12.1 Å². The Morgan fingerprint density at radius 2 is 2.10 bits per heavy atom. The smallest absolute Gasteiger partial charge is 0.411 e. The van der Waals surface area contributed by atoms with Crippen molar-refractivity contribution in [2.45, 2.75) is 6.92 Å². The van der Waals surface area contributed by atoms with E-state index in [9.17, 15) is 4.79 Å². The SMILES string of the molecule is CCOC(=O)Nc1ccc(N2CCN(C)CC2)nc1N. The summed E-state index contributed by atoms with van der Waals surface area (Å²) >= 11 is 0. The highest BCUT2D eigenvalue weighted by Crippen LogP contribution is 2.22. The third-order valence-corrected chi connectivity index (χ3v) is 3.25. The molecule has 2 heterocycles. The standard InChI is InChI=1S/C13H21N5O2/c1-3-20-13(19)15-10-4-5-11(16-12(10)14)18-8-6-17(2)7-9-18/h4-5H,3,6-9H2,1-2H3,(H2,14,16)(H,15,19). The number of nitrogens with zero attached hydrogens (tertiary/aromatic N) is 3. The molecule has 2 rings (SSSR count). The first-order valence-corrected chi connectivity index (χ1v) is 6.74. The second-order valence-corrected chi connectivity index (χ2v) is 4.74. The molecule has 110 valence electrons. The average Bonchev–Trinajstić information content (AvgIpc) is 2.42. The summed E-state index contributed by atoms with van der Waals surface area (Å²) in [5, 5.41) is 2.57. The molecule has 7 nitrogen and oxygen atoms in total. The van der Waals surface area contributed by atoms with Gasteiger partial charge >= 0.3 is 6.09 Å². The van der Waals surface area contributed by atoms with Gasteiger partial charge in [0, 0.05) is 26.2 Å². The van der Waals surface area contributed by atoms with Crippen LogP contribution in [-0.2, 0) is 4.74 Å². The van der Waals surface area contributed by atoms with Gasteiger partial charge in [-0.1, -0.05) is 0 Å². The number of hydrogen-bond donors (Lipinski definition) is 2. The Hall–Kier alpha value is -2.02. The molecule has 1 amide bonds. The maximum Gasteiger partial charge on any atom is 0.411 e. The van der Waals surface area contributed by atoms with Gasteiger partial charge in [0.25, 0.3) is 0 Å². The van der Waals surface area contributed by atoms with Gasteiger partial charge in [-0.15, -0.1) is 0 Å². The van der Waals surface area contributed by atoms with Gasteiger partial charge in [-0.25, -0.2) is 9.78 Å². The fourth-order valence-electron chi connectivity index (χ4n) is 2.06. The topological polar surface area (TPSA) is 83.7 Å². The number of ether oxygens (including phenoxy) is 1. The van der Waals surface area contributed by atoms with Gasteiger partial charge in [-0.3, -0.25) is 5.32 Å². The molecule has 0 radical (unpaired) electrons. The van der Waals surface area contributed by atoms with Crippen LogP contribution >= 0.6 is 0 Å². The van der Waals surface area contributed by atoms with E-state index in [1.54, 1.807) is 13.0 Å². The molecule has 1 aromatic heterocycles. The summed E-state index contributed by atoms with van der Waals surface area (Å²) in [6, 6.07) is 3.62. The zero-order valence-electron chi connectivity index (χ0n) is 11.9. The quantitative estimate of drug-likeness (QED) is 0.858. The number of hydrogen-bond acceptors (Lipinski definition) is 6. The molecule has 7 heteroatoms. The molecule has 0 saturated carbocycles. The van der Waals surface area contributed by atoms with Crippen molar-refractivity contribution in [1.82, 2.24) is 9.88 Å². The summed E-state index contributed by atoms with van der Waals surface area (Å²) in [6.45, 7) is 5.92. The zero-order valence-corrected chi connectivity index (χ0v) is 11.9. The number of nitrogen functional groups attached to an aromatic ring is 1. The van der Waals surface area contributed by atoms with E-state index < -0.39 is 6.09 Å². The summed E-state index contributed by atoms with van der Waals surface area (Å²) in [6.07, 6.45) is -0.520. The lowest BCUT2D eigenvalue weighted by molar-refractivity contribution is 0.168. The van der Waals surface area contributed by atoms with Crippen molar-refractivity contribution >= 4 is 23.4 Å². The molecule has 0 atom stereocenters. The summed E-state index contributed by atoms with van der Waals surface area (Å²) in [5.41, 5.74) is 6.35. The largest absolute Gasteiger partial charge is 0.450 e. The minimum atomic E-state index is -0.520. The zero-order chi connectivity index (χ0) is 14.5. The van der Waals surface area contributed by atoms with E-state index in [4.69, 9.17) is 10.5 Å². The van der Waals surface area contributed by atoms with Crippen LogP contribution in [0.5, 0.6) is 0 Å². The second kappa shape index (κ2) is 6.42. The molecular weight excluding hydrogens is 258 g/mol. The molecule has 1 fully saturated rings. The van der Waals surface area contributed by atoms with Gasteiger partial charge in [-0.05, 0) is 26.1 Å². The van der Waals surface area contributed by atoms with Crippen LogP contribution in [0.15, 0.2) is 12.1 Å². The predicted octanol–water partition coefficient (Wildman–Crippen LogP) is 0.984. The Balaban J connectivity index is 2.03. The molecule has 1 aliphatic rings. The first-order chi connectivity index (χ1) is 9.60. The van der Waals surface area contributed by atoms with E-state index in [1.165, 1.54) is 0 Å². The Morgan fingerprint density at radius 3 is 2.70 bits per heavy atom. The number of aromatic nitrogens is 1. The summed E-state index contributed by atoms with van der Waals surface area (Å²) in [4.78, 5) is 20.2. The third-order valence-electron chi connectivity index (χ3n) is 3.25. The number of carbonyl (C=O) groups excluding carboxylic acids is 1. The van der Waals surface area contributed by atoms with E-state index in [2.05, 4.69) is 27.1 Å². The van der Waals surface area contributed by atoms with Crippen LogP contribution in [0.25, 0.3) is 0 Å². The molecule has 1 aliphatic heterocycles. The number of likely N-dealkylation sites (N-methyl/N-ethyl adjacent to an activating group) is 1. The minimum Gasteiger partial charge on any atom is -0.450 e. The molecule has 0 bridgehead atoms. The van der Waals surface area contributed by atoms with Crippen molar-refractivity contribution in [2.24, 2.45) is 0 Å². The summed E-state index contributed by atoms with van der Waals surface area (Å²) in [5.74, 6) is 1.14. The molecule has 20 heavy (non-hydrogen) atoms. The Bertz CT molecular complexity index is 472. The van der Waals surface area contributed by atoms with Crippen molar-refractivity contribution < 1.29 is 9.53 Å². The Labute approximate surface area is 118 Å². The molecule has 0 spiro atoms. The van der Waals surface area contributed by atoms with Gasteiger partial charge in [0.15, 0.2) is 0 Å². The first-order valence-electron chi connectivity index (χ1n) is 6.74. The van der Waals surface area contributed by atoms with Crippen LogP contribution in [0.3, 0.4) is 0 Å². The maximum absolute atomic E-state index is 11.4. The number of carbonyl (C=O) groups is 1. The Morgan fingerprint density at radius 1 is 1.40 bits per heavy atom. The number of anilines is 3. The van der Waals surface area contributed by atoms with E-state index in [-0.39, 0.29) is 0 Å². The number of rotatable bonds is 3. The summed E-state index contributed by atoms with van der Waals surface area (Å²) in [7, 11) is 2.10. The van der Waals surface area contributed by atoms with Crippen molar-refractivity contribution in [1.29, 1.82) is 0 Å². The number of nitrogens with two attached hydrogens (primary N) is 1. The van der Waals surface area contributed by atoms with Crippen molar-refractivity contribution in [2.75, 3.05) is 55.8 Å². The first kappa shape index (κ1) is 14.4. The predicted molar refractivity (Wildman–Crippen MR) is 79.0 cm³/mol. The molecular formula is C13H21N5O2. The Kier molecular flexibility index (Phi) is 4.62. The highest BCUT2D eigenvalue weighted by atomic mass is 16.5. The van der Waals surface area contributed by atoms with Gasteiger partial charge in [0.2, 0.25) is 0 Å². The van der Waals surface area contributed by atoms with Gasteiger partial charge in [0.05, 0.1) is 12.3 Å². The van der Waals surface area contributed by atoms with Crippen LogP contribution in [0, 0.1) is 0 Å². The molecule has 3 N–H and O–H groups in total. The van der Waals surface area contributed by atoms with E-state index in [0.717, 1.165) is 32.0 Å². The van der Waals surface area contributed by atoms with Crippen LogP contribution in [-0.4, -0.2) is 55.8 Å². The highest BCUT2D eigenvalue weighted by molar-refractivity contribution is 5.88. The average molecular weight is 279 g/mol. The van der Waals surface area contributed by atoms with Crippen LogP contribution in [0.1, 0.15) is 6.92 Å². The monoisotopic (exact) mass is 279 g/mol. The van der Waals surface area contributed by atoms with E-state index >= 15 is 0 Å². The normalized spacial score (nSPS) is 16.0. The minimum absolute atomic E-state index is 0.300. The maximum atomic E-state index is 11.4. The molecule has 1 saturated heterocycles. The number of pyridine rings is 1. The molecule has 1 aromatic rings. The van der Waals surface area contributed by atoms with Gasteiger partial charge < -0.3 is 20.3 Å². The lowest BCUT2D eigenvalue weighted by atomic mass is 10.3. The lowest BCUT2D eigenvalue weighted by Crippen LogP contribution is -2.44. The van der Waals surface area contributed by atoms with Crippen LogP contribution in [0.4, 0.5) is 22.1 Å². The van der Waals surface area contributed by atoms with E-state index in [1.807, 2.05) is 6.07 Å². The molecule has 0 aliphatic carbocycles. The van der Waals surface area contributed by atoms with Crippen molar-refractivity contribution in [3.63, 3.8) is 0 Å². The molecule has 0 aromatic carbocycles. The number of amides is 1. The summed E-state index contributed by atoms with van der Waals surface area (Å²) < 4.78 is 4.81. The van der Waals surface area contributed by atoms with Crippen molar-refractivity contribution in [3.8, 4) is 0 Å². The van der Waals surface area contributed by atoms with Gasteiger partial charge in [0.1, 0.15) is 11.6 Å². The van der Waals surface area contributed by atoms with Gasteiger partial charge in [-0.2, -0.15) is 0 Å². The fourth-order valence-corrected chi connectivity index (χ4v) is 2.06. The van der Waals surface area contributed by atoms with Crippen LogP contribution < -0.4 is 16.0 Å². The number of nitrogens with one attached hydrogen (secondary N) is 1. The molecule has 0 unspecified atom stereocenters. The fraction of sp³-hybridized carbons (Fsp3) is 0.538. The van der Waals surface area contributed by atoms with Crippen LogP contribution in [0.2, 0.25) is 0 Å². The third kappa shape index (κ3) is 3.51. The second-order valence-electron chi connectivity index (χ2n) is 4.74. The van der Waals surface area contributed by atoms with E-state index in [0.29, 0.717) is 18.1 Å². The highest BCUT2D eigenvalue weighted by Gasteiger charge is 2.16.